The number of nitrogens with two attached hydrogens (primary N) is 1. The van der Waals surface area contributed by atoms with Crippen molar-refractivity contribution >= 4 is 17.7 Å². The number of carbonyl (C=O) groups excluding carboxylic acids is 1. The first-order valence-corrected chi connectivity index (χ1v) is 6.65. The lowest BCUT2D eigenvalue weighted by atomic mass is 9.66. The molecule has 1 amide bonds. The average molecular weight is 277 g/mol. The first-order chi connectivity index (χ1) is 9.43. The fourth-order valence-electron chi connectivity index (χ4n) is 2.69. The molecule has 0 atom stereocenters. The van der Waals surface area contributed by atoms with Gasteiger partial charge in [0.2, 0.25) is 0 Å². The summed E-state index contributed by atoms with van der Waals surface area (Å²) in [7, 11) is 0. The molecule has 0 saturated heterocycles. The van der Waals surface area contributed by atoms with Crippen molar-refractivity contribution in [2.24, 2.45) is 11.1 Å². The third-order valence-electron chi connectivity index (χ3n) is 3.98. The quantitative estimate of drug-likeness (QED) is 0.731. The number of primary amides is 1. The van der Waals surface area contributed by atoms with Gasteiger partial charge in [0.15, 0.2) is 0 Å². The van der Waals surface area contributed by atoms with Crippen molar-refractivity contribution in [2.45, 2.75) is 32.6 Å². The van der Waals surface area contributed by atoms with Gasteiger partial charge in [0.1, 0.15) is 5.82 Å². The molecule has 0 aliphatic heterocycles. The van der Waals surface area contributed by atoms with Gasteiger partial charge in [0, 0.05) is 12.7 Å². The zero-order chi connectivity index (χ0) is 14.8. The molecule has 0 aromatic carbocycles. The standard InChI is InChI=1S/C14H19N3O3/c1-9-3-6-16-13(11(9)12(15)20)17-8-14(4-2-5-14)7-10(18)19/h3,6H,2,4-5,7-8H2,1H3,(H2,15,20)(H,16,17)(H,18,19). The second kappa shape index (κ2) is 5.48. The van der Waals surface area contributed by atoms with Crippen LogP contribution < -0.4 is 11.1 Å². The van der Waals surface area contributed by atoms with Crippen molar-refractivity contribution in [1.29, 1.82) is 0 Å². The van der Waals surface area contributed by atoms with Gasteiger partial charge in [0.25, 0.3) is 5.91 Å². The fraction of sp³-hybridized carbons (Fsp3) is 0.500. The van der Waals surface area contributed by atoms with Gasteiger partial charge in [-0.25, -0.2) is 4.98 Å². The summed E-state index contributed by atoms with van der Waals surface area (Å²) in [6.45, 7) is 2.29. The molecule has 6 nitrogen and oxygen atoms in total. The van der Waals surface area contributed by atoms with E-state index in [9.17, 15) is 9.59 Å². The minimum atomic E-state index is -0.793. The number of hydrogen-bond donors (Lipinski definition) is 3. The number of aryl methyl sites for hydroxylation is 1. The summed E-state index contributed by atoms with van der Waals surface area (Å²) in [4.78, 5) is 26.5. The minimum Gasteiger partial charge on any atom is -0.481 e. The number of hydrogen-bond acceptors (Lipinski definition) is 4. The van der Waals surface area contributed by atoms with Crippen molar-refractivity contribution < 1.29 is 14.7 Å². The lowest BCUT2D eigenvalue weighted by molar-refractivity contribution is -0.141. The van der Waals surface area contributed by atoms with Gasteiger partial charge in [0.05, 0.1) is 12.0 Å². The van der Waals surface area contributed by atoms with Crippen molar-refractivity contribution in [3.8, 4) is 0 Å². The highest BCUT2D eigenvalue weighted by atomic mass is 16.4. The Labute approximate surface area is 117 Å². The normalized spacial score (nSPS) is 16.2. The minimum absolute atomic E-state index is 0.137. The Kier molecular flexibility index (Phi) is 3.92. The highest BCUT2D eigenvalue weighted by Gasteiger charge is 2.39. The van der Waals surface area contributed by atoms with E-state index in [1.165, 1.54) is 0 Å². The van der Waals surface area contributed by atoms with Crippen LogP contribution in [-0.4, -0.2) is 28.5 Å². The van der Waals surface area contributed by atoms with Crippen LogP contribution in [0.5, 0.6) is 0 Å². The first kappa shape index (κ1) is 14.3. The predicted octanol–water partition coefficient (Wildman–Crippen LogP) is 1.55. The Hall–Kier alpha value is -2.11. The van der Waals surface area contributed by atoms with Gasteiger partial charge >= 0.3 is 5.97 Å². The molecule has 0 bridgehead atoms. The predicted molar refractivity (Wildman–Crippen MR) is 74.5 cm³/mol. The molecule has 1 aromatic rings. The molecule has 0 radical (unpaired) electrons. The SMILES string of the molecule is Cc1ccnc(NCC2(CC(=O)O)CCC2)c1C(N)=O. The molecular weight excluding hydrogens is 258 g/mol. The largest absolute Gasteiger partial charge is 0.481 e. The molecule has 0 unspecified atom stereocenters. The first-order valence-electron chi connectivity index (χ1n) is 6.65. The molecule has 6 heteroatoms. The van der Waals surface area contributed by atoms with Crippen LogP contribution in [0, 0.1) is 12.3 Å². The molecule has 0 spiro atoms. The third-order valence-corrected chi connectivity index (χ3v) is 3.98. The molecule has 1 fully saturated rings. The van der Waals surface area contributed by atoms with Gasteiger partial charge in [-0.05, 0) is 36.8 Å². The number of carboxylic acid groups (broad SMARTS) is 1. The number of aromatic nitrogens is 1. The van der Waals surface area contributed by atoms with Crippen molar-refractivity contribution in [3.05, 3.63) is 23.4 Å². The molecule has 1 aromatic heterocycles. The van der Waals surface area contributed by atoms with E-state index in [1.807, 2.05) is 0 Å². The van der Waals surface area contributed by atoms with Crippen LogP contribution in [0.4, 0.5) is 5.82 Å². The summed E-state index contributed by atoms with van der Waals surface area (Å²) < 4.78 is 0. The number of aliphatic carboxylic acids is 1. The number of rotatable bonds is 6. The van der Waals surface area contributed by atoms with E-state index in [2.05, 4.69) is 10.3 Å². The lowest BCUT2D eigenvalue weighted by Gasteiger charge is -2.41. The van der Waals surface area contributed by atoms with Crippen molar-refractivity contribution in [2.75, 3.05) is 11.9 Å². The Morgan fingerprint density at radius 1 is 1.50 bits per heavy atom. The zero-order valence-corrected chi connectivity index (χ0v) is 11.5. The molecule has 108 valence electrons. The molecule has 2 rings (SSSR count). The summed E-state index contributed by atoms with van der Waals surface area (Å²) in [6, 6.07) is 1.72. The van der Waals surface area contributed by atoms with Crippen molar-refractivity contribution in [1.82, 2.24) is 4.98 Å². The van der Waals surface area contributed by atoms with Crippen LogP contribution in [-0.2, 0) is 4.79 Å². The summed E-state index contributed by atoms with van der Waals surface area (Å²) in [5.74, 6) is -0.882. The van der Waals surface area contributed by atoms with E-state index < -0.39 is 11.9 Å². The summed E-state index contributed by atoms with van der Waals surface area (Å²) in [5.41, 5.74) is 6.27. The second-order valence-corrected chi connectivity index (χ2v) is 5.49. The van der Waals surface area contributed by atoms with Crippen LogP contribution in [0.3, 0.4) is 0 Å². The highest BCUT2D eigenvalue weighted by Crippen LogP contribution is 2.44. The zero-order valence-electron chi connectivity index (χ0n) is 11.5. The molecule has 20 heavy (non-hydrogen) atoms. The number of carbonyl (C=O) groups is 2. The maximum absolute atomic E-state index is 11.5. The number of carboxylic acids is 1. The number of nitrogens with zero attached hydrogens (tertiary/aromatic N) is 1. The summed E-state index contributed by atoms with van der Waals surface area (Å²) >= 11 is 0. The van der Waals surface area contributed by atoms with Gasteiger partial charge in [-0.3, -0.25) is 9.59 Å². The average Bonchev–Trinajstić information content (AvgIpc) is 2.31. The summed E-state index contributed by atoms with van der Waals surface area (Å²) in [6.07, 6.45) is 4.54. The molecule has 1 heterocycles. The van der Waals surface area contributed by atoms with Gasteiger partial charge < -0.3 is 16.2 Å². The van der Waals surface area contributed by atoms with Crippen LogP contribution >= 0.6 is 0 Å². The van der Waals surface area contributed by atoms with Crippen molar-refractivity contribution in [3.63, 3.8) is 0 Å². The molecule has 1 saturated carbocycles. The third kappa shape index (κ3) is 2.89. The Bertz CT molecular complexity index is 538. The number of anilines is 1. The van der Waals surface area contributed by atoms with Crippen LogP contribution in [0.15, 0.2) is 12.3 Å². The van der Waals surface area contributed by atoms with E-state index in [4.69, 9.17) is 10.8 Å². The molecule has 1 aliphatic carbocycles. The number of nitrogens with one attached hydrogen (secondary N) is 1. The molecular formula is C14H19N3O3. The maximum Gasteiger partial charge on any atom is 0.303 e. The number of pyridine rings is 1. The molecule has 4 N–H and O–H groups in total. The second-order valence-electron chi connectivity index (χ2n) is 5.49. The topological polar surface area (TPSA) is 105 Å². The summed E-state index contributed by atoms with van der Waals surface area (Å²) in [5, 5.41) is 12.1. The number of amides is 1. The Morgan fingerprint density at radius 3 is 2.70 bits per heavy atom. The van der Waals surface area contributed by atoms with E-state index >= 15 is 0 Å². The van der Waals surface area contributed by atoms with E-state index in [0.717, 1.165) is 24.8 Å². The van der Waals surface area contributed by atoms with E-state index in [0.29, 0.717) is 17.9 Å². The lowest BCUT2D eigenvalue weighted by Crippen LogP contribution is -2.39. The van der Waals surface area contributed by atoms with Gasteiger partial charge in [-0.15, -0.1) is 0 Å². The Morgan fingerprint density at radius 2 is 2.20 bits per heavy atom. The van der Waals surface area contributed by atoms with E-state index in [1.54, 1.807) is 19.2 Å². The molecule has 1 aliphatic rings. The monoisotopic (exact) mass is 277 g/mol. The maximum atomic E-state index is 11.5. The van der Waals surface area contributed by atoms with Crippen LogP contribution in [0.25, 0.3) is 0 Å². The fourth-order valence-corrected chi connectivity index (χ4v) is 2.69. The van der Waals surface area contributed by atoms with E-state index in [-0.39, 0.29) is 11.8 Å². The Balaban J connectivity index is 2.13. The van der Waals surface area contributed by atoms with Gasteiger partial charge in [-0.1, -0.05) is 6.42 Å². The van der Waals surface area contributed by atoms with Gasteiger partial charge in [-0.2, -0.15) is 0 Å². The highest BCUT2D eigenvalue weighted by molar-refractivity contribution is 5.98. The smallest absolute Gasteiger partial charge is 0.303 e. The van der Waals surface area contributed by atoms with Crippen LogP contribution in [0.1, 0.15) is 41.6 Å². The van der Waals surface area contributed by atoms with Crippen LogP contribution in [0.2, 0.25) is 0 Å².